The maximum atomic E-state index is 3.86. The zero-order valence-electron chi connectivity index (χ0n) is 8.38. The van der Waals surface area contributed by atoms with E-state index >= 15 is 0 Å². The fourth-order valence-electron chi connectivity index (χ4n) is 1.56. The fourth-order valence-corrected chi connectivity index (χ4v) is 1.56. The van der Waals surface area contributed by atoms with Gasteiger partial charge in [-0.2, -0.15) is 0 Å². The Morgan fingerprint density at radius 3 is 2.86 bits per heavy atom. The average Bonchev–Trinajstić information content (AvgIpc) is 2.71. The van der Waals surface area contributed by atoms with Crippen LogP contribution in [0.3, 0.4) is 0 Å². The molecule has 1 unspecified atom stereocenters. The highest BCUT2D eigenvalue weighted by atomic mass is 15.5. The van der Waals surface area contributed by atoms with Gasteiger partial charge in [0, 0.05) is 0 Å². The summed E-state index contributed by atoms with van der Waals surface area (Å²) in [4.78, 5) is 3.86. The lowest BCUT2D eigenvalue weighted by atomic mass is 9.91. The van der Waals surface area contributed by atoms with E-state index in [0.29, 0.717) is 5.92 Å². The molecule has 0 fully saturated rings. The molecule has 0 N–H and O–H groups in total. The molecule has 1 aliphatic carbocycles. The standard InChI is InChI=1S/C10H13N4/c1-7(2)8-3-5-9(6-4-8)10-11-13-14-12-10/h3-5,7,9H,6H2,1-2H3/q+1. The van der Waals surface area contributed by atoms with Crippen LogP contribution in [0.5, 0.6) is 0 Å². The van der Waals surface area contributed by atoms with E-state index in [1.54, 1.807) is 0 Å². The van der Waals surface area contributed by atoms with Crippen molar-refractivity contribution >= 4 is 5.84 Å². The van der Waals surface area contributed by atoms with Crippen molar-refractivity contribution in [1.82, 2.24) is 0 Å². The molecule has 0 aromatic heterocycles. The quantitative estimate of drug-likeness (QED) is 0.599. The van der Waals surface area contributed by atoms with E-state index in [4.69, 9.17) is 0 Å². The zero-order valence-corrected chi connectivity index (χ0v) is 8.38. The fraction of sp³-hybridized carbons (Fsp3) is 0.500. The molecule has 72 valence electrons. The molecule has 4 nitrogen and oxygen atoms in total. The predicted molar refractivity (Wildman–Crippen MR) is 52.7 cm³/mol. The lowest BCUT2D eigenvalue weighted by Crippen LogP contribution is -2.12. The summed E-state index contributed by atoms with van der Waals surface area (Å²) >= 11 is 0. The molecule has 1 atom stereocenters. The number of allylic oxidation sites excluding steroid dienone is 3. The molecular formula is C10H13N4+. The van der Waals surface area contributed by atoms with Gasteiger partial charge in [-0.25, -0.2) is 0 Å². The van der Waals surface area contributed by atoms with Crippen LogP contribution in [0, 0.1) is 11.8 Å². The van der Waals surface area contributed by atoms with Crippen molar-refractivity contribution in [3.05, 3.63) is 23.8 Å². The monoisotopic (exact) mass is 189 g/mol. The first-order chi connectivity index (χ1) is 6.77. The topological polar surface area (TPSA) is 51.2 Å². The number of amidine groups is 1. The number of hydrogen-bond acceptors (Lipinski definition) is 3. The van der Waals surface area contributed by atoms with Crippen LogP contribution in [-0.2, 0) is 0 Å². The Balaban J connectivity index is 2.08. The number of rotatable bonds is 2. The molecule has 2 aliphatic rings. The van der Waals surface area contributed by atoms with Crippen LogP contribution >= 0.6 is 0 Å². The predicted octanol–water partition coefficient (Wildman–Crippen LogP) is 2.58. The summed E-state index contributed by atoms with van der Waals surface area (Å²) in [6.45, 7) is 4.39. The van der Waals surface area contributed by atoms with Crippen molar-refractivity contribution < 1.29 is 4.79 Å². The minimum Gasteiger partial charge on any atom is -0.105 e. The van der Waals surface area contributed by atoms with Gasteiger partial charge in [-0.05, 0) is 17.9 Å². The smallest absolute Gasteiger partial charge is 0.105 e. The molecule has 0 saturated heterocycles. The van der Waals surface area contributed by atoms with Gasteiger partial charge >= 0.3 is 5.84 Å². The molecule has 0 aromatic rings. The molecule has 0 saturated carbocycles. The lowest BCUT2D eigenvalue weighted by Gasteiger charge is -2.12. The van der Waals surface area contributed by atoms with Crippen LogP contribution in [0.25, 0.3) is 0 Å². The van der Waals surface area contributed by atoms with Crippen LogP contribution in [0.1, 0.15) is 20.3 Å². The Morgan fingerprint density at radius 2 is 2.36 bits per heavy atom. The van der Waals surface area contributed by atoms with Crippen LogP contribution in [0.2, 0.25) is 0 Å². The molecule has 0 spiro atoms. The minimum atomic E-state index is 0.257. The SMILES string of the molecule is CC(C)C1=CCC(C2=[N+]=NN=N2)C=C1. The Kier molecular flexibility index (Phi) is 2.37. The first-order valence-corrected chi connectivity index (χ1v) is 4.84. The highest BCUT2D eigenvalue weighted by molar-refractivity contribution is 5.82. The second kappa shape index (κ2) is 3.68. The van der Waals surface area contributed by atoms with Gasteiger partial charge in [0.25, 0.3) is 0 Å². The molecule has 4 heteroatoms. The Labute approximate surface area is 82.8 Å². The third-order valence-corrected chi connectivity index (χ3v) is 2.46. The van der Waals surface area contributed by atoms with Crippen LogP contribution in [0.15, 0.2) is 39.4 Å². The van der Waals surface area contributed by atoms with Gasteiger partial charge in [0.05, 0.1) is 5.92 Å². The van der Waals surface area contributed by atoms with Crippen LogP contribution < -0.4 is 0 Å². The van der Waals surface area contributed by atoms with Crippen molar-refractivity contribution in [1.29, 1.82) is 0 Å². The molecule has 2 rings (SSSR count). The van der Waals surface area contributed by atoms with Gasteiger partial charge in [0.1, 0.15) is 5.11 Å². The average molecular weight is 189 g/mol. The second-order valence-electron chi connectivity index (χ2n) is 3.80. The van der Waals surface area contributed by atoms with Crippen LogP contribution in [0.4, 0.5) is 0 Å². The molecule has 0 aromatic carbocycles. The van der Waals surface area contributed by atoms with E-state index in [1.165, 1.54) is 5.57 Å². The first-order valence-electron chi connectivity index (χ1n) is 4.84. The maximum absolute atomic E-state index is 3.86. The lowest BCUT2D eigenvalue weighted by molar-refractivity contribution is -0.0874. The van der Waals surface area contributed by atoms with Crippen molar-refractivity contribution in [2.45, 2.75) is 20.3 Å². The van der Waals surface area contributed by atoms with E-state index in [1.807, 2.05) is 0 Å². The van der Waals surface area contributed by atoms with E-state index < -0.39 is 0 Å². The molecule has 1 heterocycles. The summed E-state index contributed by atoms with van der Waals surface area (Å²) in [7, 11) is 0. The third-order valence-electron chi connectivity index (χ3n) is 2.46. The van der Waals surface area contributed by atoms with Crippen molar-refractivity contribution in [2.75, 3.05) is 0 Å². The Hall–Kier alpha value is -1.54. The largest absolute Gasteiger partial charge is 0.403 e. The summed E-state index contributed by atoms with van der Waals surface area (Å²) in [5, 5.41) is 10.8. The molecule has 1 aliphatic heterocycles. The van der Waals surface area contributed by atoms with Gasteiger partial charge in [0.15, 0.2) is 0 Å². The number of hydrogen-bond donors (Lipinski definition) is 0. The minimum absolute atomic E-state index is 0.257. The summed E-state index contributed by atoms with van der Waals surface area (Å²) in [5.74, 6) is 1.57. The summed E-state index contributed by atoms with van der Waals surface area (Å²) in [6.07, 6.45) is 7.48. The van der Waals surface area contributed by atoms with Gasteiger partial charge in [-0.1, -0.05) is 32.1 Å². The summed E-state index contributed by atoms with van der Waals surface area (Å²) in [6, 6.07) is 0. The second-order valence-corrected chi connectivity index (χ2v) is 3.80. The molecule has 0 bridgehead atoms. The Morgan fingerprint density at radius 1 is 1.50 bits per heavy atom. The van der Waals surface area contributed by atoms with Crippen molar-refractivity contribution in [3.63, 3.8) is 0 Å². The third kappa shape index (κ3) is 1.70. The Bertz CT molecular complexity index is 381. The number of nitrogens with zero attached hydrogens (tertiary/aromatic N) is 4. The highest BCUT2D eigenvalue weighted by Gasteiger charge is 2.26. The first kappa shape index (κ1) is 9.03. The van der Waals surface area contributed by atoms with Crippen molar-refractivity contribution in [2.24, 2.45) is 27.4 Å². The molecule has 0 radical (unpaired) electrons. The molecular weight excluding hydrogens is 176 g/mol. The van der Waals surface area contributed by atoms with E-state index in [-0.39, 0.29) is 5.92 Å². The van der Waals surface area contributed by atoms with Gasteiger partial charge in [0.2, 0.25) is 10.4 Å². The van der Waals surface area contributed by atoms with Gasteiger partial charge in [-0.3, -0.25) is 0 Å². The molecule has 14 heavy (non-hydrogen) atoms. The van der Waals surface area contributed by atoms with Crippen molar-refractivity contribution in [3.8, 4) is 0 Å². The normalized spacial score (nSPS) is 24.4. The van der Waals surface area contributed by atoms with Crippen LogP contribution in [-0.4, -0.2) is 10.6 Å². The van der Waals surface area contributed by atoms with E-state index in [2.05, 4.69) is 52.4 Å². The van der Waals surface area contributed by atoms with Gasteiger partial charge in [-0.15, -0.1) is 4.79 Å². The molecule has 0 amide bonds. The van der Waals surface area contributed by atoms with Gasteiger partial charge < -0.3 is 0 Å². The van der Waals surface area contributed by atoms with E-state index in [0.717, 1.165) is 12.3 Å². The van der Waals surface area contributed by atoms with E-state index in [9.17, 15) is 0 Å². The highest BCUT2D eigenvalue weighted by Crippen LogP contribution is 2.22. The summed E-state index contributed by atoms with van der Waals surface area (Å²) in [5.41, 5.74) is 1.38. The summed E-state index contributed by atoms with van der Waals surface area (Å²) < 4.78 is 0. The maximum Gasteiger partial charge on any atom is 0.403 e. The zero-order chi connectivity index (χ0) is 9.97.